The predicted molar refractivity (Wildman–Crippen MR) is 122 cm³/mol. The van der Waals surface area contributed by atoms with Crippen LogP contribution in [0.2, 0.25) is 5.02 Å². The van der Waals surface area contributed by atoms with E-state index in [1.54, 1.807) is 6.92 Å². The molecule has 4 rings (SSSR count). The number of unbranched alkanes of at least 4 members (excludes halogenated alkanes) is 2. The lowest BCUT2D eigenvalue weighted by Crippen LogP contribution is -2.43. The SMILES string of the molecule is CCCCCC1C[C@H]2CC[C@@H](C1)N2CCCn1cc(C(C)=O)c2cccc(Cl)c21. The minimum atomic E-state index is 0.110. The molecule has 1 aromatic heterocycles. The van der Waals surface area contributed by atoms with Crippen LogP contribution in [0.5, 0.6) is 0 Å². The summed E-state index contributed by atoms with van der Waals surface area (Å²) in [5, 5.41) is 1.72. The van der Waals surface area contributed by atoms with E-state index in [1.165, 1.54) is 51.4 Å². The van der Waals surface area contributed by atoms with Crippen molar-refractivity contribution in [2.24, 2.45) is 5.92 Å². The summed E-state index contributed by atoms with van der Waals surface area (Å²) in [7, 11) is 0. The van der Waals surface area contributed by atoms with Gasteiger partial charge in [0.1, 0.15) is 0 Å². The lowest BCUT2D eigenvalue weighted by atomic mass is 9.86. The molecular formula is C25H35ClN2O. The third kappa shape index (κ3) is 4.41. The van der Waals surface area contributed by atoms with Crippen molar-refractivity contribution < 1.29 is 4.79 Å². The fraction of sp³-hybridized carbons (Fsp3) is 0.640. The molecular weight excluding hydrogens is 380 g/mol. The van der Waals surface area contributed by atoms with Crippen LogP contribution in [0, 0.1) is 5.92 Å². The average molecular weight is 415 g/mol. The summed E-state index contributed by atoms with van der Waals surface area (Å²) in [4.78, 5) is 14.9. The van der Waals surface area contributed by atoms with Gasteiger partial charge in [-0.15, -0.1) is 0 Å². The second-order valence-electron chi connectivity index (χ2n) is 9.24. The molecule has 3 heterocycles. The number of aromatic nitrogens is 1. The number of hydrogen-bond acceptors (Lipinski definition) is 2. The van der Waals surface area contributed by atoms with E-state index < -0.39 is 0 Å². The van der Waals surface area contributed by atoms with E-state index in [4.69, 9.17) is 11.6 Å². The van der Waals surface area contributed by atoms with Gasteiger partial charge < -0.3 is 4.57 Å². The highest BCUT2D eigenvalue weighted by Crippen LogP contribution is 2.40. The number of halogens is 1. The summed E-state index contributed by atoms with van der Waals surface area (Å²) >= 11 is 6.49. The summed E-state index contributed by atoms with van der Waals surface area (Å²) in [6, 6.07) is 7.48. The summed E-state index contributed by atoms with van der Waals surface area (Å²) < 4.78 is 2.20. The van der Waals surface area contributed by atoms with Crippen molar-refractivity contribution >= 4 is 28.3 Å². The standard InChI is InChI=1S/C25H35ClN2O/c1-3-4-5-8-19-15-20-11-12-21(16-19)28(20)14-7-13-27-17-23(18(2)29)22-9-6-10-24(26)25(22)27/h6,9-10,17,19-21H,3-5,7-8,11-16H2,1-2H3/t19?,20-,21+. The number of aryl methyl sites for hydroxylation is 1. The first kappa shape index (κ1) is 20.9. The van der Waals surface area contributed by atoms with E-state index in [1.807, 2.05) is 24.4 Å². The van der Waals surface area contributed by atoms with Crippen LogP contribution in [0.25, 0.3) is 10.9 Å². The molecule has 3 atom stereocenters. The van der Waals surface area contributed by atoms with Gasteiger partial charge >= 0.3 is 0 Å². The Morgan fingerprint density at radius 2 is 1.86 bits per heavy atom. The maximum Gasteiger partial charge on any atom is 0.161 e. The van der Waals surface area contributed by atoms with E-state index in [9.17, 15) is 4.79 Å². The number of carbonyl (C=O) groups excluding carboxylic acids is 1. The Bertz CT molecular complexity index is 844. The molecule has 2 fully saturated rings. The van der Waals surface area contributed by atoms with Gasteiger partial charge in [-0.2, -0.15) is 0 Å². The van der Waals surface area contributed by atoms with E-state index in [2.05, 4.69) is 16.4 Å². The number of fused-ring (bicyclic) bond motifs is 3. The molecule has 1 unspecified atom stereocenters. The third-order valence-corrected chi connectivity index (χ3v) is 7.55. The zero-order chi connectivity index (χ0) is 20.4. The lowest BCUT2D eigenvalue weighted by molar-refractivity contribution is 0.0966. The van der Waals surface area contributed by atoms with Crippen molar-refractivity contribution in [3.8, 4) is 0 Å². The van der Waals surface area contributed by atoms with Gasteiger partial charge in [-0.25, -0.2) is 0 Å². The number of hydrogen-bond donors (Lipinski definition) is 0. The molecule has 158 valence electrons. The van der Waals surface area contributed by atoms with Crippen molar-refractivity contribution in [2.45, 2.75) is 90.3 Å². The van der Waals surface area contributed by atoms with Gasteiger partial charge in [-0.3, -0.25) is 9.69 Å². The van der Waals surface area contributed by atoms with Gasteiger partial charge in [-0.05, 0) is 51.0 Å². The van der Waals surface area contributed by atoms with Gasteiger partial charge in [-0.1, -0.05) is 56.3 Å². The van der Waals surface area contributed by atoms with Crippen LogP contribution in [0.3, 0.4) is 0 Å². The third-order valence-electron chi connectivity index (χ3n) is 7.24. The molecule has 0 spiro atoms. The Kier molecular flexibility index (Phi) is 6.66. The number of benzene rings is 1. The number of Topliss-reactive ketones (excluding diaryl/α,β-unsaturated/α-hetero) is 1. The summed E-state index contributed by atoms with van der Waals surface area (Å²) in [5.74, 6) is 1.07. The first-order chi connectivity index (χ1) is 14.1. The lowest BCUT2D eigenvalue weighted by Gasteiger charge is -2.39. The van der Waals surface area contributed by atoms with Crippen molar-refractivity contribution in [3.05, 3.63) is 35.0 Å². The molecule has 3 nitrogen and oxygen atoms in total. The van der Waals surface area contributed by atoms with Gasteiger partial charge in [0.2, 0.25) is 0 Å². The highest BCUT2D eigenvalue weighted by molar-refractivity contribution is 6.35. The Labute approximate surface area is 180 Å². The van der Waals surface area contributed by atoms with Crippen molar-refractivity contribution in [3.63, 3.8) is 0 Å². The summed E-state index contributed by atoms with van der Waals surface area (Å²) in [6.45, 7) is 6.02. The second kappa shape index (κ2) is 9.22. The number of para-hydroxylation sites is 1. The van der Waals surface area contributed by atoms with Crippen LogP contribution in [0.1, 0.15) is 82.0 Å². The van der Waals surface area contributed by atoms with Gasteiger partial charge in [0.15, 0.2) is 5.78 Å². The molecule has 2 saturated heterocycles. The molecule has 2 aromatic rings. The van der Waals surface area contributed by atoms with E-state index in [0.29, 0.717) is 0 Å². The molecule has 2 aliphatic rings. The van der Waals surface area contributed by atoms with Crippen molar-refractivity contribution in [1.29, 1.82) is 0 Å². The van der Waals surface area contributed by atoms with Gasteiger partial charge in [0.05, 0.1) is 10.5 Å². The Hall–Kier alpha value is -1.32. The Balaban J connectivity index is 1.37. The Morgan fingerprint density at radius 1 is 1.10 bits per heavy atom. The predicted octanol–water partition coefficient (Wildman–Crippen LogP) is 6.71. The van der Waals surface area contributed by atoms with Crippen LogP contribution < -0.4 is 0 Å². The van der Waals surface area contributed by atoms with Crippen LogP contribution in [-0.4, -0.2) is 33.9 Å². The zero-order valence-corrected chi connectivity index (χ0v) is 18.8. The van der Waals surface area contributed by atoms with Crippen LogP contribution in [0.4, 0.5) is 0 Å². The monoisotopic (exact) mass is 414 g/mol. The van der Waals surface area contributed by atoms with Gasteiger partial charge in [0, 0.05) is 42.3 Å². The van der Waals surface area contributed by atoms with E-state index in [0.717, 1.165) is 59.0 Å². The van der Waals surface area contributed by atoms with Crippen LogP contribution in [-0.2, 0) is 6.54 Å². The number of ketones is 1. The van der Waals surface area contributed by atoms with Crippen molar-refractivity contribution in [2.75, 3.05) is 6.54 Å². The average Bonchev–Trinajstić information content (AvgIpc) is 3.18. The maximum atomic E-state index is 12.1. The van der Waals surface area contributed by atoms with Crippen LogP contribution >= 0.6 is 11.6 Å². The highest BCUT2D eigenvalue weighted by Gasteiger charge is 2.39. The Morgan fingerprint density at radius 3 is 2.55 bits per heavy atom. The molecule has 2 aliphatic heterocycles. The molecule has 4 heteroatoms. The molecule has 29 heavy (non-hydrogen) atoms. The molecule has 0 radical (unpaired) electrons. The largest absolute Gasteiger partial charge is 0.345 e. The molecule has 0 N–H and O–H groups in total. The first-order valence-electron chi connectivity index (χ1n) is 11.6. The molecule has 0 aliphatic carbocycles. The summed E-state index contributed by atoms with van der Waals surface area (Å²) in [5.41, 5.74) is 1.80. The zero-order valence-electron chi connectivity index (χ0n) is 18.0. The minimum Gasteiger partial charge on any atom is -0.345 e. The van der Waals surface area contributed by atoms with Crippen molar-refractivity contribution in [1.82, 2.24) is 9.47 Å². The molecule has 1 aromatic carbocycles. The summed E-state index contributed by atoms with van der Waals surface area (Å²) in [6.07, 6.45) is 14.3. The fourth-order valence-electron chi connectivity index (χ4n) is 5.87. The molecule has 0 saturated carbocycles. The maximum absolute atomic E-state index is 12.1. The minimum absolute atomic E-state index is 0.110. The molecule has 2 bridgehead atoms. The number of carbonyl (C=O) groups is 1. The number of piperidine rings is 1. The highest BCUT2D eigenvalue weighted by atomic mass is 35.5. The van der Waals surface area contributed by atoms with E-state index in [-0.39, 0.29) is 5.78 Å². The number of rotatable bonds is 9. The first-order valence-corrected chi connectivity index (χ1v) is 12.0. The fourth-order valence-corrected chi connectivity index (χ4v) is 6.15. The van der Waals surface area contributed by atoms with Gasteiger partial charge in [0.25, 0.3) is 0 Å². The topological polar surface area (TPSA) is 25.2 Å². The second-order valence-corrected chi connectivity index (χ2v) is 9.65. The molecule has 0 amide bonds. The number of nitrogens with zero attached hydrogens (tertiary/aromatic N) is 2. The van der Waals surface area contributed by atoms with Crippen LogP contribution in [0.15, 0.2) is 24.4 Å². The normalized spacial score (nSPS) is 24.4. The smallest absolute Gasteiger partial charge is 0.161 e. The van der Waals surface area contributed by atoms with E-state index >= 15 is 0 Å². The quantitative estimate of drug-likeness (QED) is 0.336.